The Kier molecular flexibility index (Phi) is 2.75. The molecule has 5 heteroatoms. The van der Waals surface area contributed by atoms with Crippen molar-refractivity contribution in [2.45, 2.75) is 0 Å². The van der Waals surface area contributed by atoms with Crippen LogP contribution >= 0.6 is 11.6 Å². The monoisotopic (exact) mass is 187 g/mol. The zero-order valence-corrected chi connectivity index (χ0v) is 7.17. The van der Waals surface area contributed by atoms with Gasteiger partial charge in [-0.1, -0.05) is 17.7 Å². The van der Waals surface area contributed by atoms with E-state index in [-0.39, 0.29) is 15.9 Å². The first-order valence-corrected chi connectivity index (χ1v) is 3.67. The summed E-state index contributed by atoms with van der Waals surface area (Å²) in [6.07, 6.45) is 0. The molecule has 1 aromatic carbocycles. The van der Waals surface area contributed by atoms with Gasteiger partial charge >= 0.3 is 0 Å². The van der Waals surface area contributed by atoms with Gasteiger partial charge in [0.2, 0.25) is 0 Å². The number of para-hydroxylation sites is 1. The molecule has 0 saturated carbocycles. The first-order chi connectivity index (χ1) is 5.66. The molecule has 66 valence electrons. The van der Waals surface area contributed by atoms with Crippen molar-refractivity contribution in [1.29, 1.82) is 0 Å². The number of hydrogen-bond donors (Lipinski definition) is 2. The molecule has 0 aliphatic carbocycles. The second-order valence-electron chi connectivity index (χ2n) is 2.16. The molecular weight excluding hydrogens is 180 g/mol. The Bertz CT molecular complexity index is 278. The maximum absolute atomic E-state index is 10.6. The van der Waals surface area contributed by atoms with Gasteiger partial charge in [0.25, 0.3) is 0 Å². The van der Waals surface area contributed by atoms with Gasteiger partial charge in [-0.3, -0.25) is 5.21 Å². The third-order valence-electron chi connectivity index (χ3n) is 1.45. The van der Waals surface area contributed by atoms with Gasteiger partial charge in [0.1, 0.15) is 0 Å². The molecule has 0 atom stereocenters. The maximum atomic E-state index is 10.6. The zero-order valence-electron chi connectivity index (χ0n) is 6.41. The number of halogens is 1. The summed E-state index contributed by atoms with van der Waals surface area (Å²) < 4.78 is 0. The van der Waals surface area contributed by atoms with Gasteiger partial charge in [0.05, 0.1) is 16.4 Å². The summed E-state index contributed by atoms with van der Waals surface area (Å²) in [6, 6.07) is 4.85. The topological polar surface area (TPSA) is 58.6 Å². The summed E-state index contributed by atoms with van der Waals surface area (Å²) in [5.41, 5.74) is 0.515. The summed E-state index contributed by atoms with van der Waals surface area (Å²) in [4.78, 5) is 0. The first kappa shape index (κ1) is 9.12. The van der Waals surface area contributed by atoms with Gasteiger partial charge in [0, 0.05) is 7.05 Å². The molecule has 0 amide bonds. The molecule has 4 nitrogen and oxygen atoms in total. The molecule has 12 heavy (non-hydrogen) atoms. The minimum absolute atomic E-state index is 0.0293. The minimum atomic E-state index is -0.256. The van der Waals surface area contributed by atoms with Crippen molar-refractivity contribution in [1.82, 2.24) is 0 Å². The summed E-state index contributed by atoms with van der Waals surface area (Å²) in [5.74, 6) is 0. The van der Waals surface area contributed by atoms with Crippen LogP contribution in [0, 0.1) is 5.21 Å². The molecule has 0 spiro atoms. The fourth-order valence-electron chi connectivity index (χ4n) is 0.911. The van der Waals surface area contributed by atoms with E-state index in [1.165, 1.54) is 6.07 Å². The lowest BCUT2D eigenvalue weighted by atomic mass is 10.2. The lowest BCUT2D eigenvalue weighted by Gasteiger charge is -2.25. The van der Waals surface area contributed by atoms with Crippen LogP contribution in [0.25, 0.3) is 0 Å². The second kappa shape index (κ2) is 3.62. The maximum Gasteiger partial charge on any atom is 0.0929 e. The predicted octanol–water partition coefficient (Wildman–Crippen LogP) is 2.08. The lowest BCUT2D eigenvalue weighted by Crippen LogP contribution is -2.10. The summed E-state index contributed by atoms with van der Waals surface area (Å²) >= 11 is 5.66. The van der Waals surface area contributed by atoms with Gasteiger partial charge < -0.3 is 15.8 Å². The molecule has 0 bridgehead atoms. The van der Waals surface area contributed by atoms with Gasteiger partial charge in [0.15, 0.2) is 0 Å². The fourth-order valence-corrected chi connectivity index (χ4v) is 1.16. The van der Waals surface area contributed by atoms with E-state index >= 15 is 0 Å². The van der Waals surface area contributed by atoms with Crippen LogP contribution in [-0.4, -0.2) is 12.3 Å². The number of nitrogens with one attached hydrogen (secondary N) is 1. The molecule has 0 aliphatic heterocycles. The van der Waals surface area contributed by atoms with E-state index in [0.29, 0.717) is 5.69 Å². The average Bonchev–Trinajstić information content (AvgIpc) is 2.03. The van der Waals surface area contributed by atoms with E-state index in [9.17, 15) is 5.21 Å². The smallest absolute Gasteiger partial charge is 0.0929 e. The quantitative estimate of drug-likeness (QED) is 0.696. The van der Waals surface area contributed by atoms with Crippen LogP contribution in [0.4, 0.5) is 11.4 Å². The van der Waals surface area contributed by atoms with Gasteiger partial charge in [-0.15, -0.1) is 0 Å². The zero-order chi connectivity index (χ0) is 9.14. The highest BCUT2D eigenvalue weighted by molar-refractivity contribution is 6.34. The normalized spacial score (nSPS) is 9.67. The standard InChI is InChI=1S/C7H8ClN2O2/c1-9-6-4-2-3-5(8)7(6)10(11)12/h2-4,9,11H,1H3/q-1. The van der Waals surface area contributed by atoms with Crippen LogP contribution in [0.5, 0.6) is 0 Å². The molecule has 0 heterocycles. The van der Waals surface area contributed by atoms with Crippen molar-refractivity contribution in [3.05, 3.63) is 28.4 Å². The van der Waals surface area contributed by atoms with Crippen LogP contribution in [-0.2, 0) is 0 Å². The van der Waals surface area contributed by atoms with Gasteiger partial charge in [-0.05, 0) is 12.1 Å². The fraction of sp³-hybridized carbons (Fsp3) is 0.143. The van der Waals surface area contributed by atoms with Crippen molar-refractivity contribution in [2.24, 2.45) is 0 Å². The van der Waals surface area contributed by atoms with E-state index in [1.54, 1.807) is 19.2 Å². The molecule has 0 fully saturated rings. The van der Waals surface area contributed by atoms with Crippen LogP contribution in [0.15, 0.2) is 18.2 Å². The Morgan fingerprint density at radius 2 is 2.25 bits per heavy atom. The van der Waals surface area contributed by atoms with E-state index in [2.05, 4.69) is 5.32 Å². The Balaban J connectivity index is 3.20. The summed E-state index contributed by atoms with van der Waals surface area (Å²) in [5, 5.41) is 21.9. The minimum Gasteiger partial charge on any atom is -0.733 e. The molecule has 1 rings (SSSR count). The highest BCUT2D eigenvalue weighted by Crippen LogP contribution is 2.31. The summed E-state index contributed by atoms with van der Waals surface area (Å²) in [7, 11) is 1.64. The first-order valence-electron chi connectivity index (χ1n) is 3.29. The Morgan fingerprint density at radius 1 is 1.58 bits per heavy atom. The number of nitrogens with zero attached hydrogens (tertiary/aromatic N) is 1. The predicted molar refractivity (Wildman–Crippen MR) is 48.6 cm³/mol. The van der Waals surface area contributed by atoms with Crippen molar-refractivity contribution in [2.75, 3.05) is 17.6 Å². The lowest BCUT2D eigenvalue weighted by molar-refractivity contribution is 0.297. The van der Waals surface area contributed by atoms with Crippen LogP contribution in [0.3, 0.4) is 0 Å². The molecule has 0 aromatic heterocycles. The third-order valence-corrected chi connectivity index (χ3v) is 1.75. The van der Waals surface area contributed by atoms with Gasteiger partial charge in [-0.2, -0.15) is 0 Å². The second-order valence-corrected chi connectivity index (χ2v) is 2.57. The molecule has 0 radical (unpaired) electrons. The number of rotatable bonds is 2. The number of hydrogen-bond acceptors (Lipinski definition) is 4. The van der Waals surface area contributed by atoms with Crippen LogP contribution in [0.2, 0.25) is 5.02 Å². The van der Waals surface area contributed by atoms with Crippen LogP contribution in [0.1, 0.15) is 0 Å². The number of benzene rings is 1. The molecule has 0 aliphatic rings. The molecule has 0 saturated heterocycles. The largest absolute Gasteiger partial charge is 0.733 e. The molecule has 1 aromatic rings. The average molecular weight is 188 g/mol. The van der Waals surface area contributed by atoms with Crippen molar-refractivity contribution < 1.29 is 5.21 Å². The molecular formula is C7H8ClN2O2-. The van der Waals surface area contributed by atoms with E-state index in [1.807, 2.05) is 0 Å². The highest BCUT2D eigenvalue weighted by Gasteiger charge is 2.05. The van der Waals surface area contributed by atoms with Crippen molar-refractivity contribution in [3.63, 3.8) is 0 Å². The Hall–Kier alpha value is -0.970. The van der Waals surface area contributed by atoms with Crippen molar-refractivity contribution >= 4 is 23.0 Å². The molecule has 2 N–H and O–H groups in total. The van der Waals surface area contributed by atoms with E-state index < -0.39 is 0 Å². The van der Waals surface area contributed by atoms with Crippen molar-refractivity contribution in [3.8, 4) is 0 Å². The molecule has 0 unspecified atom stereocenters. The van der Waals surface area contributed by atoms with E-state index in [0.717, 1.165) is 0 Å². The third kappa shape index (κ3) is 1.61. The Morgan fingerprint density at radius 3 is 2.67 bits per heavy atom. The Labute approximate surface area is 74.9 Å². The summed E-state index contributed by atoms with van der Waals surface area (Å²) in [6.45, 7) is 0. The van der Waals surface area contributed by atoms with Crippen LogP contribution < -0.4 is 10.5 Å². The highest BCUT2D eigenvalue weighted by atomic mass is 35.5. The van der Waals surface area contributed by atoms with Gasteiger partial charge in [-0.25, -0.2) is 0 Å². The van der Waals surface area contributed by atoms with E-state index in [4.69, 9.17) is 16.8 Å². The number of anilines is 2. The SMILES string of the molecule is CNc1cccc(Cl)c1N([O-])O.